The number of ether oxygens (including phenoxy) is 2. The highest BCUT2D eigenvalue weighted by atomic mass is 16.5. The van der Waals surface area contributed by atoms with Crippen LogP contribution < -0.4 is 10.1 Å². The van der Waals surface area contributed by atoms with Crippen molar-refractivity contribution in [2.45, 2.75) is 63.9 Å². The second-order valence-corrected chi connectivity index (χ2v) is 10.3. The van der Waals surface area contributed by atoms with Gasteiger partial charge in [-0.15, -0.1) is 0 Å². The molecule has 4 rings (SSSR count). The first kappa shape index (κ1) is 25.9. The first-order valence-electron chi connectivity index (χ1n) is 12.6. The highest BCUT2D eigenvalue weighted by molar-refractivity contribution is 5.83. The van der Waals surface area contributed by atoms with Gasteiger partial charge in [-0.25, -0.2) is 4.98 Å². The minimum absolute atomic E-state index is 0.0270. The fourth-order valence-electron chi connectivity index (χ4n) is 4.89. The Labute approximate surface area is 214 Å². The van der Waals surface area contributed by atoms with Crippen LogP contribution in [0.2, 0.25) is 0 Å². The van der Waals surface area contributed by atoms with Gasteiger partial charge in [0.15, 0.2) is 6.10 Å². The van der Waals surface area contributed by atoms with Crippen molar-refractivity contribution in [2.24, 2.45) is 0 Å². The van der Waals surface area contributed by atoms with Crippen LogP contribution in [0.1, 0.15) is 68.1 Å². The number of rotatable bonds is 8. The average Bonchev–Trinajstić information content (AvgIpc) is 3.32. The molecule has 1 aliphatic rings. The Balaban J connectivity index is 1.60. The zero-order valence-electron chi connectivity index (χ0n) is 21.9. The van der Waals surface area contributed by atoms with Crippen molar-refractivity contribution >= 4 is 5.91 Å². The average molecular weight is 488 g/mol. The van der Waals surface area contributed by atoms with Crippen LogP contribution in [-0.4, -0.2) is 36.2 Å². The van der Waals surface area contributed by atoms with Crippen molar-refractivity contribution < 1.29 is 14.3 Å². The van der Waals surface area contributed by atoms with E-state index in [0.717, 1.165) is 35.2 Å². The molecule has 36 heavy (non-hydrogen) atoms. The molecule has 0 aliphatic carbocycles. The van der Waals surface area contributed by atoms with Gasteiger partial charge in [0.05, 0.1) is 19.3 Å². The Hall–Kier alpha value is -3.22. The molecule has 1 saturated heterocycles. The summed E-state index contributed by atoms with van der Waals surface area (Å²) in [5, 5.41) is 3.62. The summed E-state index contributed by atoms with van der Waals surface area (Å²) in [6.45, 7) is 6.95. The number of nitrogens with one attached hydrogen (secondary N) is 1. The van der Waals surface area contributed by atoms with Crippen molar-refractivity contribution in [1.29, 1.82) is 0 Å². The molecule has 1 aliphatic heterocycles. The van der Waals surface area contributed by atoms with Crippen LogP contribution in [0.5, 0.6) is 5.88 Å². The van der Waals surface area contributed by atoms with E-state index in [-0.39, 0.29) is 23.5 Å². The number of methoxy groups -OCH3 is 2. The Morgan fingerprint density at radius 3 is 2.28 bits per heavy atom. The van der Waals surface area contributed by atoms with Crippen LogP contribution in [0, 0.1) is 0 Å². The number of hydrogen-bond donors (Lipinski definition) is 1. The van der Waals surface area contributed by atoms with Crippen molar-refractivity contribution in [2.75, 3.05) is 14.2 Å². The number of amides is 1. The lowest BCUT2D eigenvalue weighted by Crippen LogP contribution is -2.47. The third kappa shape index (κ3) is 5.61. The summed E-state index contributed by atoms with van der Waals surface area (Å²) < 4.78 is 11.4. The van der Waals surface area contributed by atoms with Crippen LogP contribution in [0.15, 0.2) is 72.8 Å². The fourth-order valence-corrected chi connectivity index (χ4v) is 4.89. The molecule has 3 aromatic rings. The SMILES string of the molecule is COc1nc(C(C)(C)C)ccc1CNC1CCC(c2ccccc2)N1C(=O)[C@H](OC)c1ccccc1. The monoisotopic (exact) mass is 487 g/mol. The number of benzene rings is 2. The Morgan fingerprint density at radius 2 is 1.67 bits per heavy atom. The molecule has 6 nitrogen and oxygen atoms in total. The zero-order chi connectivity index (χ0) is 25.7. The lowest BCUT2D eigenvalue weighted by molar-refractivity contribution is -0.146. The smallest absolute Gasteiger partial charge is 0.258 e. The molecule has 0 bridgehead atoms. The van der Waals surface area contributed by atoms with E-state index in [1.807, 2.05) is 53.4 Å². The van der Waals surface area contributed by atoms with Crippen LogP contribution in [0.3, 0.4) is 0 Å². The predicted octanol–water partition coefficient (Wildman–Crippen LogP) is 5.55. The number of likely N-dealkylation sites (tertiary alicyclic amines) is 1. The molecule has 2 unspecified atom stereocenters. The van der Waals surface area contributed by atoms with Gasteiger partial charge in [0, 0.05) is 30.3 Å². The highest BCUT2D eigenvalue weighted by Gasteiger charge is 2.40. The molecule has 2 aromatic carbocycles. The van der Waals surface area contributed by atoms with E-state index in [1.54, 1.807) is 14.2 Å². The minimum atomic E-state index is -0.665. The van der Waals surface area contributed by atoms with Crippen LogP contribution in [0.25, 0.3) is 0 Å². The number of pyridine rings is 1. The Morgan fingerprint density at radius 1 is 1.00 bits per heavy atom. The summed E-state index contributed by atoms with van der Waals surface area (Å²) in [6, 6.07) is 24.0. The van der Waals surface area contributed by atoms with E-state index in [1.165, 1.54) is 0 Å². The maximum Gasteiger partial charge on any atom is 0.258 e. The molecule has 3 atom stereocenters. The molecule has 1 aromatic heterocycles. The van der Waals surface area contributed by atoms with Crippen molar-refractivity contribution in [1.82, 2.24) is 15.2 Å². The van der Waals surface area contributed by atoms with E-state index in [9.17, 15) is 4.79 Å². The number of nitrogens with zero attached hydrogens (tertiary/aromatic N) is 2. The summed E-state index contributed by atoms with van der Waals surface area (Å²) in [6.07, 6.45) is 0.904. The molecule has 1 fully saturated rings. The van der Waals surface area contributed by atoms with Gasteiger partial charge in [-0.05, 0) is 30.0 Å². The number of hydrogen-bond acceptors (Lipinski definition) is 5. The number of carbonyl (C=O) groups excluding carboxylic acids is 1. The van der Waals surface area contributed by atoms with Crippen molar-refractivity contribution in [3.8, 4) is 5.88 Å². The maximum absolute atomic E-state index is 14.0. The predicted molar refractivity (Wildman–Crippen MR) is 142 cm³/mol. The van der Waals surface area contributed by atoms with Gasteiger partial charge in [-0.3, -0.25) is 10.1 Å². The molecule has 0 spiro atoms. The van der Waals surface area contributed by atoms with Crippen molar-refractivity contribution in [3.63, 3.8) is 0 Å². The standard InChI is InChI=1S/C30H37N3O3/c1-30(2,3)25-18-16-23(28(32-25)36-5)20-31-26-19-17-24(21-12-8-6-9-13-21)33(26)29(34)27(35-4)22-14-10-7-11-15-22/h6-16,18,24,26-27,31H,17,19-20H2,1-5H3/t24?,26?,27-/m1/s1. The van der Waals surface area contributed by atoms with Gasteiger partial charge in [0.25, 0.3) is 5.91 Å². The van der Waals surface area contributed by atoms with Gasteiger partial charge in [-0.2, -0.15) is 0 Å². The van der Waals surface area contributed by atoms with E-state index in [4.69, 9.17) is 14.5 Å². The van der Waals surface area contributed by atoms with Crippen molar-refractivity contribution in [3.05, 3.63) is 95.2 Å². The van der Waals surface area contributed by atoms with E-state index >= 15 is 0 Å². The molecular weight excluding hydrogens is 450 g/mol. The molecule has 190 valence electrons. The molecule has 1 amide bonds. The third-order valence-electron chi connectivity index (χ3n) is 6.82. The largest absolute Gasteiger partial charge is 0.481 e. The third-order valence-corrected chi connectivity index (χ3v) is 6.82. The Kier molecular flexibility index (Phi) is 8.07. The summed E-state index contributed by atoms with van der Waals surface area (Å²) in [7, 11) is 3.25. The maximum atomic E-state index is 14.0. The lowest BCUT2D eigenvalue weighted by Gasteiger charge is -2.34. The zero-order valence-corrected chi connectivity index (χ0v) is 21.9. The number of carbonyl (C=O) groups is 1. The van der Waals surface area contributed by atoms with Gasteiger partial charge < -0.3 is 14.4 Å². The first-order valence-corrected chi connectivity index (χ1v) is 12.6. The van der Waals surface area contributed by atoms with Gasteiger partial charge in [-0.1, -0.05) is 87.5 Å². The molecule has 0 radical (unpaired) electrons. The van der Waals surface area contributed by atoms with Crippen LogP contribution in [-0.2, 0) is 21.5 Å². The summed E-state index contributed by atoms with van der Waals surface area (Å²) in [5.41, 5.74) is 3.87. The van der Waals surface area contributed by atoms with Crippen LogP contribution in [0.4, 0.5) is 0 Å². The normalized spacial score (nSPS) is 18.8. The molecular formula is C30H37N3O3. The highest BCUT2D eigenvalue weighted by Crippen LogP contribution is 2.38. The molecule has 2 heterocycles. The summed E-state index contributed by atoms with van der Waals surface area (Å²) >= 11 is 0. The van der Waals surface area contributed by atoms with Crippen LogP contribution >= 0.6 is 0 Å². The van der Waals surface area contributed by atoms with E-state index < -0.39 is 6.10 Å². The van der Waals surface area contributed by atoms with Gasteiger partial charge in [0.1, 0.15) is 0 Å². The Bertz CT molecular complexity index is 1150. The topological polar surface area (TPSA) is 63.7 Å². The van der Waals surface area contributed by atoms with E-state index in [0.29, 0.717) is 12.4 Å². The second kappa shape index (κ2) is 11.2. The summed E-state index contributed by atoms with van der Waals surface area (Å²) in [5.74, 6) is 0.574. The van der Waals surface area contributed by atoms with Gasteiger partial charge in [0.2, 0.25) is 5.88 Å². The fraction of sp³-hybridized carbons (Fsp3) is 0.400. The summed E-state index contributed by atoms with van der Waals surface area (Å²) in [4.78, 5) is 20.7. The molecule has 0 saturated carbocycles. The number of aromatic nitrogens is 1. The molecule has 6 heteroatoms. The first-order chi connectivity index (χ1) is 17.3. The molecule has 1 N–H and O–H groups in total. The van der Waals surface area contributed by atoms with E-state index in [2.05, 4.69) is 50.4 Å². The lowest BCUT2D eigenvalue weighted by atomic mass is 9.91. The minimum Gasteiger partial charge on any atom is -0.481 e. The second-order valence-electron chi connectivity index (χ2n) is 10.3. The quantitative estimate of drug-likeness (QED) is 0.451. The van der Waals surface area contributed by atoms with Gasteiger partial charge >= 0.3 is 0 Å².